The summed E-state index contributed by atoms with van der Waals surface area (Å²) in [6.07, 6.45) is 1.71. The fourth-order valence-electron chi connectivity index (χ4n) is 0.321. The quantitative estimate of drug-likeness (QED) is 0.579. The van der Waals surface area contributed by atoms with Crippen molar-refractivity contribution in [2.75, 3.05) is 0 Å². The van der Waals surface area contributed by atoms with Crippen LogP contribution < -0.4 is 0 Å². The molecule has 0 saturated carbocycles. The topological polar surface area (TPSA) is 30.7 Å². The molecule has 7 heavy (non-hydrogen) atoms. The van der Waals surface area contributed by atoms with Crippen LogP contribution in [0.4, 0.5) is 0 Å². The average molecular weight is 209 g/mol. The van der Waals surface area contributed by atoms with Crippen LogP contribution in [0.1, 0.15) is 0 Å². The van der Waals surface area contributed by atoms with Gasteiger partial charge in [0.2, 0.25) is 0 Å². The van der Waals surface area contributed by atoms with Gasteiger partial charge in [-0.1, -0.05) is 0 Å². The molecule has 0 aromatic carbocycles. The van der Waals surface area contributed by atoms with Crippen LogP contribution >= 0.6 is 22.6 Å². The van der Waals surface area contributed by atoms with E-state index in [1.54, 1.807) is 13.2 Å². The Balaban J connectivity index is 3.04. The van der Waals surface area contributed by atoms with Gasteiger partial charge in [0, 0.05) is 7.05 Å². The van der Waals surface area contributed by atoms with Gasteiger partial charge < -0.3 is 0 Å². The fourth-order valence-corrected chi connectivity index (χ4v) is 0.758. The van der Waals surface area contributed by atoms with Gasteiger partial charge in [0.1, 0.15) is 3.70 Å². The molecule has 0 unspecified atom stereocenters. The van der Waals surface area contributed by atoms with Gasteiger partial charge in [-0.15, -0.1) is 5.10 Å². The second-order valence-electron chi connectivity index (χ2n) is 1.16. The van der Waals surface area contributed by atoms with Gasteiger partial charge in [-0.2, -0.15) is 9.90 Å². The van der Waals surface area contributed by atoms with Crippen molar-refractivity contribution in [2.45, 2.75) is 0 Å². The third-order valence-corrected chi connectivity index (χ3v) is 1.07. The van der Waals surface area contributed by atoms with Gasteiger partial charge in [-0.3, -0.25) is 0 Å². The third kappa shape index (κ3) is 1.12. The Labute approximate surface area is 54.9 Å². The maximum Gasteiger partial charge on any atom is 0.143 e. The van der Waals surface area contributed by atoms with Crippen LogP contribution in [0.5, 0.6) is 0 Å². The molecule has 1 heterocycles. The van der Waals surface area contributed by atoms with E-state index in [0.29, 0.717) is 0 Å². The number of hydrogen-bond donors (Lipinski definition) is 0. The Morgan fingerprint density at radius 3 is 2.71 bits per heavy atom. The van der Waals surface area contributed by atoms with Crippen molar-refractivity contribution in [1.29, 1.82) is 0 Å². The van der Waals surface area contributed by atoms with E-state index in [4.69, 9.17) is 0 Å². The van der Waals surface area contributed by atoms with Crippen LogP contribution in [0.15, 0.2) is 6.20 Å². The maximum absolute atomic E-state index is 3.90. The van der Waals surface area contributed by atoms with E-state index >= 15 is 0 Å². The Hall–Kier alpha value is -0.130. The molecule has 0 spiro atoms. The second kappa shape index (κ2) is 1.77. The van der Waals surface area contributed by atoms with Crippen LogP contribution in [0.3, 0.4) is 0 Å². The first kappa shape index (κ1) is 5.02. The molecule has 0 aliphatic heterocycles. The molecule has 0 N–H and O–H groups in total. The predicted molar refractivity (Wildman–Crippen MR) is 33.7 cm³/mol. The fraction of sp³-hybridized carbons (Fsp3) is 0.333. The molecule has 0 aliphatic carbocycles. The molecule has 0 saturated heterocycles. The molecule has 0 radical (unpaired) electrons. The predicted octanol–water partition coefficient (Wildman–Crippen LogP) is 0.420. The summed E-state index contributed by atoms with van der Waals surface area (Å²) in [6, 6.07) is 0. The van der Waals surface area contributed by atoms with E-state index < -0.39 is 0 Å². The van der Waals surface area contributed by atoms with E-state index in [0.717, 1.165) is 3.70 Å². The Bertz CT molecular complexity index is 142. The van der Waals surface area contributed by atoms with Crippen LogP contribution in [-0.2, 0) is 7.05 Å². The summed E-state index contributed by atoms with van der Waals surface area (Å²) in [4.78, 5) is 1.53. The summed E-state index contributed by atoms with van der Waals surface area (Å²) >= 11 is 2.11. The molecule has 0 fully saturated rings. The van der Waals surface area contributed by atoms with Crippen molar-refractivity contribution in [2.24, 2.45) is 7.05 Å². The van der Waals surface area contributed by atoms with E-state index in [1.165, 1.54) is 4.80 Å². The molecule has 1 aromatic rings. The molecule has 0 amide bonds. The molecule has 0 atom stereocenters. The lowest BCUT2D eigenvalue weighted by Gasteiger charge is -1.76. The highest BCUT2D eigenvalue weighted by Gasteiger charge is 1.85. The van der Waals surface area contributed by atoms with E-state index in [1.807, 2.05) is 0 Å². The van der Waals surface area contributed by atoms with E-state index in [2.05, 4.69) is 32.8 Å². The third-order valence-electron chi connectivity index (χ3n) is 0.572. The number of hydrogen-bond acceptors (Lipinski definition) is 2. The SMILES string of the molecule is Cn1ncc(I)n1. The lowest BCUT2D eigenvalue weighted by Crippen LogP contribution is -1.90. The second-order valence-corrected chi connectivity index (χ2v) is 2.26. The van der Waals surface area contributed by atoms with Crippen molar-refractivity contribution in [3.05, 3.63) is 9.90 Å². The lowest BCUT2D eigenvalue weighted by molar-refractivity contribution is 0.650. The highest BCUT2D eigenvalue weighted by Crippen LogP contribution is 1.92. The van der Waals surface area contributed by atoms with Gasteiger partial charge in [0.05, 0.1) is 6.20 Å². The van der Waals surface area contributed by atoms with Crippen molar-refractivity contribution in [3.63, 3.8) is 0 Å². The van der Waals surface area contributed by atoms with Gasteiger partial charge in [0.15, 0.2) is 0 Å². The summed E-state index contributed by atoms with van der Waals surface area (Å²) < 4.78 is 0.931. The van der Waals surface area contributed by atoms with Crippen molar-refractivity contribution < 1.29 is 0 Å². The minimum atomic E-state index is 0.931. The largest absolute Gasteiger partial charge is 0.187 e. The zero-order valence-corrected chi connectivity index (χ0v) is 5.95. The maximum atomic E-state index is 3.90. The summed E-state index contributed by atoms with van der Waals surface area (Å²) in [6.45, 7) is 0. The Morgan fingerprint density at radius 2 is 2.57 bits per heavy atom. The van der Waals surface area contributed by atoms with Crippen LogP contribution in [-0.4, -0.2) is 15.0 Å². The molecule has 1 aromatic heterocycles. The molecule has 0 bridgehead atoms. The summed E-state index contributed by atoms with van der Waals surface area (Å²) in [7, 11) is 1.79. The van der Waals surface area contributed by atoms with Gasteiger partial charge in [0.25, 0.3) is 0 Å². The Morgan fingerprint density at radius 1 is 1.86 bits per heavy atom. The number of aromatic nitrogens is 3. The summed E-state index contributed by atoms with van der Waals surface area (Å²) in [5, 5.41) is 7.72. The molecule has 0 aliphatic rings. The minimum absolute atomic E-state index is 0.931. The number of nitrogens with zero attached hydrogens (tertiary/aromatic N) is 3. The van der Waals surface area contributed by atoms with Crippen LogP contribution in [0.2, 0.25) is 0 Å². The zero-order valence-electron chi connectivity index (χ0n) is 3.80. The summed E-state index contributed by atoms with van der Waals surface area (Å²) in [5.74, 6) is 0. The first-order chi connectivity index (χ1) is 3.29. The molecule has 4 heteroatoms. The molecule has 38 valence electrons. The summed E-state index contributed by atoms with van der Waals surface area (Å²) in [5.41, 5.74) is 0. The van der Waals surface area contributed by atoms with Gasteiger partial charge in [-0.25, -0.2) is 0 Å². The highest BCUT2D eigenvalue weighted by atomic mass is 127. The van der Waals surface area contributed by atoms with Crippen LogP contribution in [0.25, 0.3) is 0 Å². The van der Waals surface area contributed by atoms with Gasteiger partial charge >= 0.3 is 0 Å². The normalized spacial score (nSPS) is 9.43. The minimum Gasteiger partial charge on any atom is -0.187 e. The lowest BCUT2D eigenvalue weighted by atomic mass is 11.0. The van der Waals surface area contributed by atoms with Gasteiger partial charge in [-0.05, 0) is 22.6 Å². The number of aryl methyl sites for hydroxylation is 1. The molecular formula is C3H4IN3. The number of halogens is 1. The monoisotopic (exact) mass is 209 g/mol. The van der Waals surface area contributed by atoms with Crippen molar-refractivity contribution in [3.8, 4) is 0 Å². The first-order valence-corrected chi connectivity index (χ1v) is 2.89. The first-order valence-electron chi connectivity index (χ1n) is 1.81. The van der Waals surface area contributed by atoms with E-state index in [-0.39, 0.29) is 0 Å². The van der Waals surface area contributed by atoms with Crippen molar-refractivity contribution >= 4 is 22.6 Å². The smallest absolute Gasteiger partial charge is 0.143 e. The average Bonchev–Trinajstić information content (AvgIpc) is 1.87. The Kier molecular flexibility index (Phi) is 1.27. The van der Waals surface area contributed by atoms with Crippen LogP contribution in [0, 0.1) is 3.70 Å². The van der Waals surface area contributed by atoms with Crippen molar-refractivity contribution in [1.82, 2.24) is 15.0 Å². The molecule has 3 nitrogen and oxygen atoms in total. The standard InChI is InChI=1S/C3H4IN3/c1-7-5-2-3(4)6-7/h2H,1H3. The zero-order chi connectivity index (χ0) is 5.28. The highest BCUT2D eigenvalue weighted by molar-refractivity contribution is 14.1. The van der Waals surface area contributed by atoms with E-state index in [9.17, 15) is 0 Å². The molecule has 1 rings (SSSR count). The molecular weight excluding hydrogens is 205 g/mol. The number of rotatable bonds is 0.